The lowest BCUT2D eigenvalue weighted by Crippen LogP contribution is -2.47. The Bertz CT molecular complexity index is 700. The standard InChI is InChI=1S/C17H19FN4O2/c1-24-17(23)20-13-6-7-16(19-12-13)22-10-8-21(9-11-22)15-5-3-2-4-14(15)18/h2-7,12H,8-11H2,1H3,(H,20,23). The number of piperazine rings is 1. The van der Waals surface area contributed by atoms with Crippen LogP contribution in [0.4, 0.5) is 26.4 Å². The number of methoxy groups -OCH3 is 1. The molecule has 1 amide bonds. The van der Waals surface area contributed by atoms with E-state index in [9.17, 15) is 9.18 Å². The number of halogens is 1. The summed E-state index contributed by atoms with van der Waals surface area (Å²) >= 11 is 0. The summed E-state index contributed by atoms with van der Waals surface area (Å²) in [6, 6.07) is 10.5. The van der Waals surface area contributed by atoms with E-state index >= 15 is 0 Å². The third-order valence-corrected chi connectivity index (χ3v) is 3.98. The van der Waals surface area contributed by atoms with Gasteiger partial charge in [0.25, 0.3) is 0 Å². The number of hydrogen-bond acceptors (Lipinski definition) is 5. The van der Waals surface area contributed by atoms with Crippen LogP contribution >= 0.6 is 0 Å². The van der Waals surface area contributed by atoms with Crippen molar-refractivity contribution in [2.75, 3.05) is 48.4 Å². The zero-order chi connectivity index (χ0) is 16.9. The first-order valence-corrected chi connectivity index (χ1v) is 7.73. The van der Waals surface area contributed by atoms with Crippen molar-refractivity contribution in [3.63, 3.8) is 0 Å². The van der Waals surface area contributed by atoms with Crippen molar-refractivity contribution >= 4 is 23.3 Å². The quantitative estimate of drug-likeness (QED) is 0.938. The second-order valence-electron chi connectivity index (χ2n) is 5.45. The highest BCUT2D eigenvalue weighted by Crippen LogP contribution is 2.22. The zero-order valence-corrected chi connectivity index (χ0v) is 13.4. The number of amides is 1. The number of ether oxygens (including phenoxy) is 1. The van der Waals surface area contributed by atoms with Crippen LogP contribution in [0.2, 0.25) is 0 Å². The van der Waals surface area contributed by atoms with Gasteiger partial charge in [0.1, 0.15) is 11.6 Å². The van der Waals surface area contributed by atoms with E-state index in [4.69, 9.17) is 0 Å². The van der Waals surface area contributed by atoms with Gasteiger partial charge in [-0.15, -0.1) is 0 Å². The second kappa shape index (κ2) is 7.16. The maximum atomic E-state index is 13.9. The first kappa shape index (κ1) is 16.0. The molecule has 1 aliphatic rings. The van der Waals surface area contributed by atoms with Gasteiger partial charge in [0.2, 0.25) is 0 Å². The van der Waals surface area contributed by atoms with E-state index in [0.717, 1.165) is 32.0 Å². The molecule has 0 bridgehead atoms. The molecule has 0 saturated carbocycles. The van der Waals surface area contributed by atoms with Crippen LogP contribution < -0.4 is 15.1 Å². The van der Waals surface area contributed by atoms with Crippen LogP contribution in [0.5, 0.6) is 0 Å². The highest BCUT2D eigenvalue weighted by Gasteiger charge is 2.20. The molecular formula is C17H19FN4O2. The van der Waals surface area contributed by atoms with Crippen LogP contribution in [0.1, 0.15) is 0 Å². The molecule has 0 unspecified atom stereocenters. The van der Waals surface area contributed by atoms with E-state index in [2.05, 4.69) is 19.9 Å². The normalized spacial score (nSPS) is 14.4. The largest absolute Gasteiger partial charge is 0.453 e. The Morgan fingerprint density at radius 3 is 2.46 bits per heavy atom. The summed E-state index contributed by atoms with van der Waals surface area (Å²) in [6.45, 7) is 2.96. The number of nitrogens with zero attached hydrogens (tertiary/aromatic N) is 3. The number of pyridine rings is 1. The number of benzene rings is 1. The molecule has 2 heterocycles. The van der Waals surface area contributed by atoms with Crippen molar-refractivity contribution in [1.82, 2.24) is 4.98 Å². The van der Waals surface area contributed by atoms with E-state index < -0.39 is 6.09 Å². The SMILES string of the molecule is COC(=O)Nc1ccc(N2CCN(c3ccccc3F)CC2)nc1. The van der Waals surface area contributed by atoms with Gasteiger partial charge in [0.15, 0.2) is 0 Å². The summed E-state index contributed by atoms with van der Waals surface area (Å²) in [4.78, 5) is 19.7. The van der Waals surface area contributed by atoms with Gasteiger partial charge in [-0.1, -0.05) is 12.1 Å². The number of carbonyl (C=O) groups is 1. The van der Waals surface area contributed by atoms with Gasteiger partial charge < -0.3 is 14.5 Å². The first-order valence-electron chi connectivity index (χ1n) is 7.73. The molecule has 0 spiro atoms. The van der Waals surface area contributed by atoms with Crippen LogP contribution in [0, 0.1) is 5.82 Å². The maximum Gasteiger partial charge on any atom is 0.411 e. The number of nitrogens with one attached hydrogen (secondary N) is 1. The lowest BCUT2D eigenvalue weighted by Gasteiger charge is -2.36. The molecule has 126 valence electrons. The summed E-state index contributed by atoms with van der Waals surface area (Å²) < 4.78 is 18.4. The molecule has 0 atom stereocenters. The fraction of sp³-hybridized carbons (Fsp3) is 0.294. The molecule has 2 aromatic rings. The zero-order valence-electron chi connectivity index (χ0n) is 13.4. The van der Waals surface area contributed by atoms with E-state index in [1.54, 1.807) is 24.4 Å². The van der Waals surface area contributed by atoms with Crippen LogP contribution in [-0.4, -0.2) is 44.4 Å². The molecule has 1 saturated heterocycles. The van der Waals surface area contributed by atoms with Gasteiger partial charge in [-0.05, 0) is 24.3 Å². The van der Waals surface area contributed by atoms with E-state index in [1.165, 1.54) is 13.2 Å². The lowest BCUT2D eigenvalue weighted by atomic mass is 10.2. The Hall–Kier alpha value is -2.83. The van der Waals surface area contributed by atoms with Gasteiger partial charge in [-0.2, -0.15) is 0 Å². The molecule has 1 aromatic carbocycles. The third-order valence-electron chi connectivity index (χ3n) is 3.98. The summed E-state index contributed by atoms with van der Waals surface area (Å²) in [5.41, 5.74) is 1.22. The predicted molar refractivity (Wildman–Crippen MR) is 91.1 cm³/mol. The van der Waals surface area contributed by atoms with Gasteiger partial charge in [-0.25, -0.2) is 14.2 Å². The molecule has 0 radical (unpaired) electrons. The van der Waals surface area contributed by atoms with Crippen molar-refractivity contribution in [2.45, 2.75) is 0 Å². The first-order chi connectivity index (χ1) is 11.7. The van der Waals surface area contributed by atoms with E-state index in [0.29, 0.717) is 11.4 Å². The Kier molecular flexibility index (Phi) is 4.79. The topological polar surface area (TPSA) is 57.7 Å². The number of aromatic nitrogens is 1. The van der Waals surface area contributed by atoms with Crippen molar-refractivity contribution in [3.8, 4) is 0 Å². The highest BCUT2D eigenvalue weighted by molar-refractivity contribution is 5.84. The summed E-state index contributed by atoms with van der Waals surface area (Å²) in [5, 5.41) is 2.56. The monoisotopic (exact) mass is 330 g/mol. The Labute approximate surface area is 139 Å². The number of para-hydroxylation sites is 1. The van der Waals surface area contributed by atoms with Crippen molar-refractivity contribution < 1.29 is 13.9 Å². The molecule has 6 nitrogen and oxygen atoms in total. The minimum Gasteiger partial charge on any atom is -0.453 e. The van der Waals surface area contributed by atoms with Gasteiger partial charge in [0, 0.05) is 26.2 Å². The van der Waals surface area contributed by atoms with Crippen LogP contribution in [0.3, 0.4) is 0 Å². The maximum absolute atomic E-state index is 13.9. The minimum atomic E-state index is -0.525. The average Bonchev–Trinajstić information content (AvgIpc) is 2.63. The second-order valence-corrected chi connectivity index (χ2v) is 5.45. The third kappa shape index (κ3) is 3.56. The molecule has 0 aliphatic carbocycles. The molecule has 3 rings (SSSR count). The molecular weight excluding hydrogens is 311 g/mol. The molecule has 1 aliphatic heterocycles. The minimum absolute atomic E-state index is 0.192. The van der Waals surface area contributed by atoms with Crippen molar-refractivity contribution in [2.24, 2.45) is 0 Å². The molecule has 24 heavy (non-hydrogen) atoms. The van der Waals surface area contributed by atoms with E-state index in [1.807, 2.05) is 17.0 Å². The molecule has 7 heteroatoms. The van der Waals surface area contributed by atoms with E-state index in [-0.39, 0.29) is 5.82 Å². The van der Waals surface area contributed by atoms with Crippen molar-refractivity contribution in [1.29, 1.82) is 0 Å². The van der Waals surface area contributed by atoms with Crippen molar-refractivity contribution in [3.05, 3.63) is 48.4 Å². The summed E-state index contributed by atoms with van der Waals surface area (Å²) in [7, 11) is 1.31. The molecule has 1 fully saturated rings. The smallest absolute Gasteiger partial charge is 0.411 e. The van der Waals surface area contributed by atoms with Gasteiger partial charge in [0.05, 0.1) is 24.7 Å². The fourth-order valence-electron chi connectivity index (χ4n) is 2.70. The van der Waals surface area contributed by atoms with Gasteiger partial charge in [-0.3, -0.25) is 5.32 Å². The molecule has 1 aromatic heterocycles. The van der Waals surface area contributed by atoms with Gasteiger partial charge >= 0.3 is 6.09 Å². The highest BCUT2D eigenvalue weighted by atomic mass is 19.1. The lowest BCUT2D eigenvalue weighted by molar-refractivity contribution is 0.187. The number of hydrogen-bond donors (Lipinski definition) is 1. The summed E-state index contributed by atoms with van der Waals surface area (Å²) in [5.74, 6) is 0.640. The number of rotatable bonds is 3. The van der Waals surface area contributed by atoms with Crippen LogP contribution in [-0.2, 0) is 4.74 Å². The summed E-state index contributed by atoms with van der Waals surface area (Å²) in [6.07, 6.45) is 1.07. The molecule has 1 N–H and O–H groups in total. The number of carbonyl (C=O) groups excluding carboxylic acids is 1. The Balaban J connectivity index is 1.60. The van der Waals surface area contributed by atoms with Crippen LogP contribution in [0.15, 0.2) is 42.6 Å². The van der Waals surface area contributed by atoms with Crippen LogP contribution in [0.25, 0.3) is 0 Å². The fourth-order valence-corrected chi connectivity index (χ4v) is 2.70. The Morgan fingerprint density at radius 1 is 1.12 bits per heavy atom. The predicted octanol–water partition coefficient (Wildman–Crippen LogP) is 2.73. The average molecular weight is 330 g/mol. The Morgan fingerprint density at radius 2 is 1.83 bits per heavy atom. The number of anilines is 3.